The third-order valence-electron chi connectivity index (χ3n) is 4.62. The van der Waals surface area contributed by atoms with Crippen molar-refractivity contribution in [2.24, 2.45) is 11.8 Å². The predicted molar refractivity (Wildman–Crippen MR) is 69.6 cm³/mol. The molecule has 16 heavy (non-hydrogen) atoms. The molecule has 2 aliphatic heterocycles. The topological polar surface area (TPSA) is 15.3 Å². The van der Waals surface area contributed by atoms with Crippen LogP contribution in [0.3, 0.4) is 0 Å². The summed E-state index contributed by atoms with van der Waals surface area (Å²) in [5, 5.41) is 3.53. The zero-order valence-electron chi connectivity index (χ0n) is 11.0. The molecule has 0 bridgehead atoms. The lowest BCUT2D eigenvalue weighted by Crippen LogP contribution is -2.39. The summed E-state index contributed by atoms with van der Waals surface area (Å²) in [5.74, 6) is 1.77. The van der Waals surface area contributed by atoms with E-state index in [1.54, 1.807) is 0 Å². The van der Waals surface area contributed by atoms with Crippen molar-refractivity contribution in [1.29, 1.82) is 0 Å². The number of rotatable bonds is 3. The molecular formula is C14H28N2. The Morgan fingerprint density at radius 3 is 2.75 bits per heavy atom. The molecule has 0 aromatic heterocycles. The van der Waals surface area contributed by atoms with E-state index in [1.165, 1.54) is 58.3 Å². The van der Waals surface area contributed by atoms with E-state index < -0.39 is 0 Å². The van der Waals surface area contributed by atoms with Crippen molar-refractivity contribution in [1.82, 2.24) is 10.2 Å². The SMILES string of the molecule is CCC1CCCCCN1C[C@@H]1CNC[C@H]1C. The lowest BCUT2D eigenvalue weighted by atomic mass is 9.96. The Morgan fingerprint density at radius 1 is 1.19 bits per heavy atom. The second kappa shape index (κ2) is 6.02. The minimum Gasteiger partial charge on any atom is -0.316 e. The van der Waals surface area contributed by atoms with Crippen LogP contribution in [0.2, 0.25) is 0 Å². The number of likely N-dealkylation sites (tertiary alicyclic amines) is 1. The molecular weight excluding hydrogens is 196 g/mol. The van der Waals surface area contributed by atoms with Crippen LogP contribution in [0, 0.1) is 11.8 Å². The van der Waals surface area contributed by atoms with Gasteiger partial charge >= 0.3 is 0 Å². The molecule has 2 saturated heterocycles. The molecule has 0 spiro atoms. The molecule has 1 N–H and O–H groups in total. The summed E-state index contributed by atoms with van der Waals surface area (Å²) in [6, 6.07) is 0.871. The van der Waals surface area contributed by atoms with E-state index in [1.807, 2.05) is 0 Å². The van der Waals surface area contributed by atoms with Crippen LogP contribution in [-0.4, -0.2) is 37.1 Å². The van der Waals surface area contributed by atoms with Crippen LogP contribution in [0.1, 0.15) is 46.0 Å². The molecule has 0 aromatic carbocycles. The highest BCUT2D eigenvalue weighted by Crippen LogP contribution is 2.23. The summed E-state index contributed by atoms with van der Waals surface area (Å²) in [4.78, 5) is 2.79. The standard InChI is InChI=1S/C14H28N2/c1-3-14-7-5-4-6-8-16(14)11-13-10-15-9-12(13)2/h12-15H,3-11H2,1-2H3/t12-,13+,14?/m1/s1. The number of hydrogen-bond donors (Lipinski definition) is 1. The molecule has 3 atom stereocenters. The monoisotopic (exact) mass is 224 g/mol. The van der Waals surface area contributed by atoms with Crippen molar-refractivity contribution in [2.45, 2.75) is 52.0 Å². The quantitative estimate of drug-likeness (QED) is 0.792. The van der Waals surface area contributed by atoms with E-state index in [4.69, 9.17) is 0 Å². The number of hydrogen-bond acceptors (Lipinski definition) is 2. The van der Waals surface area contributed by atoms with Crippen molar-refractivity contribution in [3.63, 3.8) is 0 Å². The van der Waals surface area contributed by atoms with Crippen molar-refractivity contribution >= 4 is 0 Å². The second-order valence-corrected chi connectivity index (χ2v) is 5.80. The van der Waals surface area contributed by atoms with Gasteiger partial charge in [0.15, 0.2) is 0 Å². The van der Waals surface area contributed by atoms with Crippen LogP contribution in [0.4, 0.5) is 0 Å². The Morgan fingerprint density at radius 2 is 2.06 bits per heavy atom. The van der Waals surface area contributed by atoms with Crippen LogP contribution in [-0.2, 0) is 0 Å². The third-order valence-corrected chi connectivity index (χ3v) is 4.62. The maximum absolute atomic E-state index is 3.53. The van der Waals surface area contributed by atoms with Crippen LogP contribution in [0.5, 0.6) is 0 Å². The van der Waals surface area contributed by atoms with E-state index in [9.17, 15) is 0 Å². The van der Waals surface area contributed by atoms with Gasteiger partial charge in [-0.25, -0.2) is 0 Å². The fourth-order valence-electron chi connectivity index (χ4n) is 3.35. The highest BCUT2D eigenvalue weighted by atomic mass is 15.2. The molecule has 2 heterocycles. The zero-order chi connectivity index (χ0) is 11.4. The number of nitrogens with zero attached hydrogens (tertiary/aromatic N) is 1. The Labute approximate surface area is 101 Å². The lowest BCUT2D eigenvalue weighted by Gasteiger charge is -2.32. The lowest BCUT2D eigenvalue weighted by molar-refractivity contribution is 0.157. The predicted octanol–water partition coefficient (Wildman–Crippen LogP) is 2.50. The highest BCUT2D eigenvalue weighted by Gasteiger charge is 2.28. The van der Waals surface area contributed by atoms with E-state index in [2.05, 4.69) is 24.1 Å². The molecule has 2 nitrogen and oxygen atoms in total. The summed E-state index contributed by atoms with van der Waals surface area (Å²) >= 11 is 0. The maximum atomic E-state index is 3.53. The Bertz CT molecular complexity index is 205. The molecule has 1 unspecified atom stereocenters. The smallest absolute Gasteiger partial charge is 0.00927 e. The number of nitrogens with one attached hydrogen (secondary N) is 1. The Kier molecular flexibility index (Phi) is 4.66. The van der Waals surface area contributed by atoms with Gasteiger partial charge in [0.05, 0.1) is 0 Å². The van der Waals surface area contributed by atoms with Crippen molar-refractivity contribution in [3.05, 3.63) is 0 Å². The van der Waals surface area contributed by atoms with Crippen LogP contribution in [0.15, 0.2) is 0 Å². The summed E-state index contributed by atoms with van der Waals surface area (Å²) in [5.41, 5.74) is 0. The first-order valence-electron chi connectivity index (χ1n) is 7.26. The van der Waals surface area contributed by atoms with E-state index in [0.29, 0.717) is 0 Å². The summed E-state index contributed by atoms with van der Waals surface area (Å²) < 4.78 is 0. The summed E-state index contributed by atoms with van der Waals surface area (Å²) in [6.07, 6.45) is 7.10. The van der Waals surface area contributed by atoms with Gasteiger partial charge in [-0.3, -0.25) is 0 Å². The van der Waals surface area contributed by atoms with Crippen LogP contribution < -0.4 is 5.32 Å². The first-order chi connectivity index (χ1) is 7.81. The Balaban J connectivity index is 1.89. The van der Waals surface area contributed by atoms with Gasteiger partial charge in [-0.05, 0) is 50.7 Å². The van der Waals surface area contributed by atoms with Gasteiger partial charge in [-0.1, -0.05) is 26.7 Å². The fraction of sp³-hybridized carbons (Fsp3) is 1.00. The van der Waals surface area contributed by atoms with E-state index in [0.717, 1.165) is 17.9 Å². The zero-order valence-corrected chi connectivity index (χ0v) is 11.0. The molecule has 2 fully saturated rings. The second-order valence-electron chi connectivity index (χ2n) is 5.80. The average molecular weight is 224 g/mol. The molecule has 2 aliphatic rings. The average Bonchev–Trinajstić information content (AvgIpc) is 2.56. The van der Waals surface area contributed by atoms with Gasteiger partial charge in [-0.15, -0.1) is 0 Å². The molecule has 2 rings (SSSR count). The minimum atomic E-state index is 0.871. The van der Waals surface area contributed by atoms with Gasteiger partial charge in [0, 0.05) is 12.6 Å². The van der Waals surface area contributed by atoms with E-state index in [-0.39, 0.29) is 0 Å². The van der Waals surface area contributed by atoms with Gasteiger partial charge in [0.2, 0.25) is 0 Å². The van der Waals surface area contributed by atoms with Gasteiger partial charge in [0.25, 0.3) is 0 Å². The van der Waals surface area contributed by atoms with Gasteiger partial charge in [0.1, 0.15) is 0 Å². The maximum Gasteiger partial charge on any atom is 0.00927 e. The molecule has 0 aliphatic carbocycles. The normalized spacial score (nSPS) is 37.5. The fourth-order valence-corrected chi connectivity index (χ4v) is 3.35. The van der Waals surface area contributed by atoms with Gasteiger partial charge < -0.3 is 10.2 Å². The first-order valence-corrected chi connectivity index (χ1v) is 7.26. The summed E-state index contributed by atoms with van der Waals surface area (Å²) in [7, 11) is 0. The third kappa shape index (κ3) is 2.98. The van der Waals surface area contributed by atoms with Crippen LogP contribution >= 0.6 is 0 Å². The molecule has 0 radical (unpaired) electrons. The minimum absolute atomic E-state index is 0.871. The largest absolute Gasteiger partial charge is 0.316 e. The van der Waals surface area contributed by atoms with Crippen LogP contribution in [0.25, 0.3) is 0 Å². The van der Waals surface area contributed by atoms with E-state index >= 15 is 0 Å². The molecule has 94 valence electrons. The Hall–Kier alpha value is -0.0800. The summed E-state index contributed by atoms with van der Waals surface area (Å²) in [6.45, 7) is 9.93. The van der Waals surface area contributed by atoms with Crippen molar-refractivity contribution in [2.75, 3.05) is 26.2 Å². The molecule has 2 heteroatoms. The molecule has 0 saturated carbocycles. The first kappa shape index (κ1) is 12.4. The van der Waals surface area contributed by atoms with Crippen molar-refractivity contribution in [3.8, 4) is 0 Å². The highest BCUT2D eigenvalue weighted by molar-refractivity contribution is 4.83. The molecule has 0 amide bonds. The molecule has 0 aromatic rings. The van der Waals surface area contributed by atoms with Crippen molar-refractivity contribution < 1.29 is 0 Å². The van der Waals surface area contributed by atoms with Gasteiger partial charge in [-0.2, -0.15) is 0 Å².